The molecule has 11 heteroatoms. The lowest BCUT2D eigenvalue weighted by Crippen LogP contribution is -2.31. The number of esters is 1. The Balaban J connectivity index is 1.79. The van der Waals surface area contributed by atoms with Gasteiger partial charge in [0.25, 0.3) is 5.76 Å². The number of halogens is 4. The molecule has 1 aromatic heterocycles. The van der Waals surface area contributed by atoms with E-state index in [1.54, 1.807) is 31.2 Å². The summed E-state index contributed by atoms with van der Waals surface area (Å²) < 4.78 is 66.6. The number of hydrogen-bond acceptors (Lipinski definition) is 7. The molecule has 0 aliphatic heterocycles. The summed E-state index contributed by atoms with van der Waals surface area (Å²) in [4.78, 5) is 29.3. The number of ether oxygens (including phenoxy) is 3. The molecule has 0 aliphatic rings. The zero-order valence-electron chi connectivity index (χ0n) is 29.4. The Labute approximate surface area is 296 Å². The molecule has 3 aromatic carbocycles. The van der Waals surface area contributed by atoms with E-state index in [9.17, 15) is 22.8 Å². The number of alkyl halides is 3. The molecule has 0 fully saturated rings. The second kappa shape index (κ2) is 17.3. The number of nitrogens with zero attached hydrogens (tertiary/aromatic N) is 1. The summed E-state index contributed by atoms with van der Waals surface area (Å²) in [6.45, 7) is 13.7. The third-order valence-corrected chi connectivity index (χ3v) is 8.30. The second-order valence-electron chi connectivity index (χ2n) is 13.3. The fourth-order valence-corrected chi connectivity index (χ4v) is 5.74. The summed E-state index contributed by atoms with van der Waals surface area (Å²) >= 11 is 6.09. The van der Waals surface area contributed by atoms with Crippen molar-refractivity contribution in [3.8, 4) is 23.0 Å². The fraction of sp³-hybridized carbons (Fsp3) is 0.436. The van der Waals surface area contributed by atoms with E-state index < -0.39 is 29.1 Å². The molecule has 4 aromatic rings. The average molecular weight is 716 g/mol. The number of carbonyl (C=O) groups is 1. The van der Waals surface area contributed by atoms with Gasteiger partial charge in [0.1, 0.15) is 22.8 Å². The summed E-state index contributed by atoms with van der Waals surface area (Å²) in [6.07, 6.45) is -0.840. The second-order valence-corrected chi connectivity index (χ2v) is 13.7. The van der Waals surface area contributed by atoms with E-state index in [0.29, 0.717) is 36.0 Å². The maximum atomic E-state index is 14.6. The van der Waals surface area contributed by atoms with Gasteiger partial charge in [-0.2, -0.15) is 13.2 Å². The molecule has 7 nitrogen and oxygen atoms in total. The molecular weight excluding hydrogens is 671 g/mol. The van der Waals surface area contributed by atoms with Gasteiger partial charge in [-0.3, -0.25) is 9.69 Å². The summed E-state index contributed by atoms with van der Waals surface area (Å²) in [5, 5.41) is 0.239. The van der Waals surface area contributed by atoms with E-state index in [-0.39, 0.29) is 52.0 Å². The van der Waals surface area contributed by atoms with Crippen LogP contribution in [0.3, 0.4) is 0 Å². The van der Waals surface area contributed by atoms with Crippen molar-refractivity contribution in [2.45, 2.75) is 79.9 Å². The number of aryl methyl sites for hydroxylation is 1. The number of hydrogen-bond donors (Lipinski definition) is 0. The van der Waals surface area contributed by atoms with Crippen LogP contribution in [0.2, 0.25) is 5.02 Å². The zero-order valence-corrected chi connectivity index (χ0v) is 30.2. The highest BCUT2D eigenvalue weighted by Gasteiger charge is 2.41. The zero-order chi connectivity index (χ0) is 36.6. The van der Waals surface area contributed by atoms with Gasteiger partial charge in [-0.25, -0.2) is 4.79 Å². The fourth-order valence-electron chi connectivity index (χ4n) is 5.63. The highest BCUT2D eigenvalue weighted by atomic mass is 35.5. The van der Waals surface area contributed by atoms with Crippen molar-refractivity contribution in [2.75, 3.05) is 19.7 Å². The third-order valence-electron chi connectivity index (χ3n) is 7.87. The summed E-state index contributed by atoms with van der Waals surface area (Å²) in [7, 11) is 0. The molecule has 50 heavy (non-hydrogen) atoms. The SMILES string of the molecule is CCCCCCOc1ccc(C(=O)Oc2ccc3c(=O)c(Oc4ccc(Cl)c(C)c4)c(C(F)(F)F)oc3c2CN(CC(C)C)CC(C)C)cc1. The van der Waals surface area contributed by atoms with Crippen LogP contribution in [0.15, 0.2) is 63.8 Å². The Morgan fingerprint density at radius 3 is 2.18 bits per heavy atom. The van der Waals surface area contributed by atoms with Gasteiger partial charge in [0.2, 0.25) is 11.2 Å². The number of unbranched alkanes of at least 4 members (excludes halogenated alkanes) is 3. The first-order valence-corrected chi connectivity index (χ1v) is 17.4. The van der Waals surface area contributed by atoms with Crippen LogP contribution in [0, 0.1) is 18.8 Å². The van der Waals surface area contributed by atoms with Crippen LogP contribution in [0.5, 0.6) is 23.0 Å². The van der Waals surface area contributed by atoms with Crippen LogP contribution in [0.4, 0.5) is 13.2 Å². The van der Waals surface area contributed by atoms with E-state index in [0.717, 1.165) is 25.7 Å². The van der Waals surface area contributed by atoms with Gasteiger partial charge < -0.3 is 18.6 Å². The molecule has 4 rings (SSSR count). The minimum Gasteiger partial charge on any atom is -0.494 e. The first-order chi connectivity index (χ1) is 23.7. The van der Waals surface area contributed by atoms with E-state index in [1.165, 1.54) is 30.3 Å². The Hall–Kier alpha value is -4.02. The minimum absolute atomic E-state index is 0.0113. The molecule has 0 radical (unpaired) electrons. The lowest BCUT2D eigenvalue weighted by Gasteiger charge is -2.27. The largest absolute Gasteiger partial charge is 0.494 e. The number of fused-ring (bicyclic) bond motifs is 1. The van der Waals surface area contributed by atoms with Crippen LogP contribution >= 0.6 is 11.6 Å². The Kier molecular flexibility index (Phi) is 13.4. The molecule has 0 bridgehead atoms. The average Bonchev–Trinajstić information content (AvgIpc) is 3.04. The molecule has 0 unspecified atom stereocenters. The highest BCUT2D eigenvalue weighted by Crippen LogP contribution is 2.41. The molecule has 1 heterocycles. The maximum absolute atomic E-state index is 14.6. The Bertz CT molecular complexity index is 1810. The Morgan fingerprint density at radius 1 is 0.920 bits per heavy atom. The van der Waals surface area contributed by atoms with Crippen LogP contribution in [-0.2, 0) is 12.7 Å². The minimum atomic E-state index is -5.09. The highest BCUT2D eigenvalue weighted by molar-refractivity contribution is 6.31. The first-order valence-electron chi connectivity index (χ1n) is 17.0. The van der Waals surface area contributed by atoms with Crippen molar-refractivity contribution >= 4 is 28.5 Å². The van der Waals surface area contributed by atoms with Crippen molar-refractivity contribution in [1.29, 1.82) is 0 Å². The van der Waals surface area contributed by atoms with E-state index in [1.807, 2.05) is 32.6 Å². The van der Waals surface area contributed by atoms with Gasteiger partial charge in [0, 0.05) is 24.7 Å². The Morgan fingerprint density at radius 2 is 1.58 bits per heavy atom. The number of carbonyl (C=O) groups excluding carboxylic acids is 1. The first kappa shape index (κ1) is 38.8. The van der Waals surface area contributed by atoms with E-state index >= 15 is 0 Å². The molecular formula is C39H45ClF3NO6. The summed E-state index contributed by atoms with van der Waals surface area (Å²) in [5.41, 5.74) is -0.446. The molecule has 0 saturated heterocycles. The van der Waals surface area contributed by atoms with Crippen molar-refractivity contribution in [1.82, 2.24) is 4.90 Å². The van der Waals surface area contributed by atoms with Gasteiger partial charge >= 0.3 is 12.1 Å². The van der Waals surface area contributed by atoms with Gasteiger partial charge in [0.15, 0.2) is 0 Å². The molecule has 0 amide bonds. The number of rotatable bonds is 16. The van der Waals surface area contributed by atoms with E-state index in [4.69, 9.17) is 30.2 Å². The van der Waals surface area contributed by atoms with E-state index in [2.05, 4.69) is 6.92 Å². The van der Waals surface area contributed by atoms with Crippen molar-refractivity contribution in [3.05, 3.63) is 92.3 Å². The monoisotopic (exact) mass is 715 g/mol. The summed E-state index contributed by atoms with van der Waals surface area (Å²) in [5.74, 6) is -2.33. The molecule has 0 spiro atoms. The molecule has 0 N–H and O–H groups in total. The van der Waals surface area contributed by atoms with Crippen molar-refractivity contribution < 1.29 is 36.6 Å². The van der Waals surface area contributed by atoms with Gasteiger partial charge in [0.05, 0.1) is 23.1 Å². The van der Waals surface area contributed by atoms with Gasteiger partial charge in [-0.1, -0.05) is 65.5 Å². The lowest BCUT2D eigenvalue weighted by molar-refractivity contribution is -0.154. The van der Waals surface area contributed by atoms with Gasteiger partial charge in [-0.05, 0) is 85.3 Å². The molecule has 0 aliphatic carbocycles. The van der Waals surface area contributed by atoms with Crippen LogP contribution in [0.1, 0.15) is 87.5 Å². The summed E-state index contributed by atoms with van der Waals surface area (Å²) in [6, 6.07) is 13.4. The normalized spacial score (nSPS) is 11.9. The van der Waals surface area contributed by atoms with Crippen LogP contribution in [-0.4, -0.2) is 30.6 Å². The maximum Gasteiger partial charge on any atom is 0.453 e. The quantitative estimate of drug-likeness (QED) is 0.0649. The molecule has 0 atom stereocenters. The smallest absolute Gasteiger partial charge is 0.453 e. The van der Waals surface area contributed by atoms with Crippen LogP contribution in [0.25, 0.3) is 11.0 Å². The lowest BCUT2D eigenvalue weighted by atomic mass is 10.1. The predicted octanol–water partition coefficient (Wildman–Crippen LogP) is 10.9. The van der Waals surface area contributed by atoms with Crippen LogP contribution < -0.4 is 19.6 Å². The number of benzene rings is 3. The van der Waals surface area contributed by atoms with Crippen molar-refractivity contribution in [2.24, 2.45) is 11.8 Å². The predicted molar refractivity (Wildman–Crippen MR) is 190 cm³/mol. The van der Waals surface area contributed by atoms with Gasteiger partial charge in [-0.15, -0.1) is 0 Å². The standard InChI is InChI=1S/C39H45ClF3NO6/c1-7-8-9-10-19-47-28-13-11-27(12-14-28)38(46)49-33-18-16-30-34(45)36(48-29-15-17-32(40)26(6)20-29)37(39(41,42)43)50-35(30)31(33)23-44(21-24(2)3)22-25(4)5/h11-18,20,24-25H,7-10,19,21-23H2,1-6H3. The van der Waals surface area contributed by atoms with Crippen molar-refractivity contribution in [3.63, 3.8) is 0 Å². The molecule has 270 valence electrons. The topological polar surface area (TPSA) is 78.2 Å². The molecule has 0 saturated carbocycles. The third kappa shape index (κ3) is 10.3.